The van der Waals surface area contributed by atoms with Gasteiger partial charge < -0.3 is 14.9 Å². The zero-order valence-electron chi connectivity index (χ0n) is 15.1. The summed E-state index contributed by atoms with van der Waals surface area (Å²) in [4.78, 5) is 0. The Hall–Kier alpha value is -2.28. The molecule has 0 aromatic heterocycles. The quantitative estimate of drug-likeness (QED) is 0.582. The SMILES string of the molecule is O[C@@H]1C[C@@H](c2ccccc2)[C@]2(c3ccc(Br)cc3)Oc3cc(F)cc(F)c3[C@]12O. The van der Waals surface area contributed by atoms with Crippen molar-refractivity contribution in [3.05, 3.63) is 99.5 Å². The maximum absolute atomic E-state index is 14.9. The highest BCUT2D eigenvalue weighted by atomic mass is 79.9. The minimum Gasteiger partial charge on any atom is -0.478 e. The number of hydrogen-bond donors (Lipinski definition) is 2. The van der Waals surface area contributed by atoms with Gasteiger partial charge in [0.25, 0.3) is 0 Å². The second-order valence-electron chi connectivity index (χ2n) is 7.59. The molecule has 5 rings (SSSR count). The third kappa shape index (κ3) is 2.40. The van der Waals surface area contributed by atoms with Gasteiger partial charge >= 0.3 is 0 Å². The van der Waals surface area contributed by atoms with Crippen LogP contribution in [0, 0.1) is 11.6 Å². The first-order valence-corrected chi connectivity index (χ1v) is 10.1. The zero-order valence-corrected chi connectivity index (χ0v) is 16.7. The molecule has 0 unspecified atom stereocenters. The Balaban J connectivity index is 1.83. The van der Waals surface area contributed by atoms with Crippen LogP contribution in [0.3, 0.4) is 0 Å². The third-order valence-corrected chi connectivity index (χ3v) is 6.67. The van der Waals surface area contributed by atoms with E-state index in [1.54, 1.807) is 24.3 Å². The summed E-state index contributed by atoms with van der Waals surface area (Å²) in [6.45, 7) is 0. The van der Waals surface area contributed by atoms with Crippen molar-refractivity contribution in [2.75, 3.05) is 0 Å². The summed E-state index contributed by atoms with van der Waals surface area (Å²) in [6, 6.07) is 18.2. The second kappa shape index (κ2) is 6.36. The predicted octanol–water partition coefficient (Wildman–Crippen LogP) is 4.75. The van der Waals surface area contributed by atoms with Crippen molar-refractivity contribution in [3.8, 4) is 5.75 Å². The maximum atomic E-state index is 14.9. The molecule has 0 radical (unpaired) electrons. The van der Waals surface area contributed by atoms with E-state index in [1.807, 2.05) is 30.3 Å². The molecule has 0 amide bonds. The van der Waals surface area contributed by atoms with Gasteiger partial charge in [-0.2, -0.15) is 0 Å². The van der Waals surface area contributed by atoms with Crippen molar-refractivity contribution in [3.63, 3.8) is 0 Å². The first-order chi connectivity index (χ1) is 13.9. The van der Waals surface area contributed by atoms with E-state index >= 15 is 0 Å². The fourth-order valence-corrected chi connectivity index (χ4v) is 5.25. The number of ether oxygens (including phenoxy) is 1. The first kappa shape index (κ1) is 18.7. The van der Waals surface area contributed by atoms with E-state index in [4.69, 9.17) is 4.74 Å². The Morgan fingerprint density at radius 1 is 1.00 bits per heavy atom. The van der Waals surface area contributed by atoms with E-state index in [2.05, 4.69) is 15.9 Å². The molecule has 148 valence electrons. The van der Waals surface area contributed by atoms with E-state index in [9.17, 15) is 19.0 Å². The Kier molecular flexibility index (Phi) is 4.11. The number of hydrogen-bond acceptors (Lipinski definition) is 3. The van der Waals surface area contributed by atoms with Crippen LogP contribution in [0.4, 0.5) is 8.78 Å². The van der Waals surface area contributed by atoms with E-state index in [1.165, 1.54) is 0 Å². The lowest BCUT2D eigenvalue weighted by Crippen LogP contribution is -2.52. The normalized spacial score (nSPS) is 30.0. The minimum absolute atomic E-state index is 0.0902. The molecule has 4 atom stereocenters. The van der Waals surface area contributed by atoms with E-state index in [0.29, 0.717) is 11.6 Å². The Morgan fingerprint density at radius 2 is 1.69 bits per heavy atom. The topological polar surface area (TPSA) is 49.7 Å². The number of benzene rings is 3. The minimum atomic E-state index is -2.07. The molecular weight excluding hydrogens is 442 g/mol. The van der Waals surface area contributed by atoms with Crippen LogP contribution in [-0.4, -0.2) is 16.3 Å². The van der Waals surface area contributed by atoms with Crippen molar-refractivity contribution in [1.29, 1.82) is 0 Å². The van der Waals surface area contributed by atoms with Crippen LogP contribution in [0.25, 0.3) is 0 Å². The fraction of sp³-hybridized carbons (Fsp3) is 0.217. The van der Waals surface area contributed by atoms with Gasteiger partial charge in [0.1, 0.15) is 17.4 Å². The molecule has 3 nitrogen and oxygen atoms in total. The van der Waals surface area contributed by atoms with Gasteiger partial charge in [0.05, 0.1) is 11.7 Å². The van der Waals surface area contributed by atoms with E-state index < -0.39 is 34.9 Å². The summed E-state index contributed by atoms with van der Waals surface area (Å²) in [5.41, 5.74) is -2.38. The van der Waals surface area contributed by atoms with Gasteiger partial charge in [-0.15, -0.1) is 0 Å². The summed E-state index contributed by atoms with van der Waals surface area (Å²) in [5.74, 6) is -2.32. The molecule has 1 aliphatic heterocycles. The molecule has 0 bridgehead atoms. The van der Waals surface area contributed by atoms with Crippen LogP contribution < -0.4 is 4.74 Å². The molecule has 1 aliphatic carbocycles. The molecular formula is C23H17BrF2O3. The van der Waals surface area contributed by atoms with E-state index in [-0.39, 0.29) is 17.7 Å². The van der Waals surface area contributed by atoms with Gasteiger partial charge in [-0.05, 0) is 29.7 Å². The van der Waals surface area contributed by atoms with E-state index in [0.717, 1.165) is 16.1 Å². The van der Waals surface area contributed by atoms with Crippen LogP contribution in [0.1, 0.15) is 29.0 Å². The number of aliphatic hydroxyl groups excluding tert-OH is 1. The molecule has 3 aromatic rings. The molecule has 3 aromatic carbocycles. The molecule has 2 aliphatic rings. The summed E-state index contributed by atoms with van der Waals surface area (Å²) in [6.07, 6.45) is -1.15. The lowest BCUT2D eigenvalue weighted by molar-refractivity contribution is -0.150. The van der Waals surface area contributed by atoms with Gasteiger partial charge in [-0.3, -0.25) is 0 Å². The van der Waals surface area contributed by atoms with Gasteiger partial charge in [-0.25, -0.2) is 8.78 Å². The summed E-state index contributed by atoms with van der Waals surface area (Å²) in [7, 11) is 0. The predicted molar refractivity (Wildman–Crippen MR) is 107 cm³/mol. The number of rotatable bonds is 2. The summed E-state index contributed by atoms with van der Waals surface area (Å²) in [5, 5.41) is 22.9. The lowest BCUT2D eigenvalue weighted by Gasteiger charge is -2.40. The van der Waals surface area contributed by atoms with Crippen molar-refractivity contribution in [2.45, 2.75) is 29.6 Å². The molecule has 1 fully saturated rings. The van der Waals surface area contributed by atoms with Crippen LogP contribution in [-0.2, 0) is 11.2 Å². The molecule has 2 N–H and O–H groups in total. The molecule has 0 spiro atoms. The smallest absolute Gasteiger partial charge is 0.176 e. The Bertz CT molecular complexity index is 1090. The Morgan fingerprint density at radius 3 is 2.38 bits per heavy atom. The number of halogens is 3. The van der Waals surface area contributed by atoms with Crippen molar-refractivity contribution < 1.29 is 23.7 Å². The van der Waals surface area contributed by atoms with Crippen LogP contribution in [0.15, 0.2) is 71.2 Å². The van der Waals surface area contributed by atoms with Crippen LogP contribution in [0.2, 0.25) is 0 Å². The number of fused-ring (bicyclic) bond motifs is 3. The zero-order chi connectivity index (χ0) is 20.4. The lowest BCUT2D eigenvalue weighted by atomic mass is 9.71. The molecule has 1 heterocycles. The second-order valence-corrected chi connectivity index (χ2v) is 8.50. The molecule has 29 heavy (non-hydrogen) atoms. The van der Waals surface area contributed by atoms with Crippen LogP contribution in [0.5, 0.6) is 5.75 Å². The summed E-state index contributed by atoms with van der Waals surface area (Å²) >= 11 is 3.40. The van der Waals surface area contributed by atoms with Gasteiger partial charge in [0.2, 0.25) is 0 Å². The number of aliphatic hydroxyl groups is 2. The summed E-state index contributed by atoms with van der Waals surface area (Å²) < 4.78 is 35.9. The van der Waals surface area contributed by atoms with Crippen molar-refractivity contribution >= 4 is 15.9 Å². The highest BCUT2D eigenvalue weighted by Crippen LogP contribution is 2.67. The fourth-order valence-electron chi connectivity index (χ4n) is 4.98. The van der Waals surface area contributed by atoms with Crippen molar-refractivity contribution in [2.24, 2.45) is 0 Å². The molecule has 6 heteroatoms. The average molecular weight is 459 g/mol. The highest BCUT2D eigenvalue weighted by molar-refractivity contribution is 9.10. The maximum Gasteiger partial charge on any atom is 0.176 e. The standard InChI is InChI=1S/C23H17BrF2O3/c24-15-8-6-14(7-9-15)23-17(13-4-2-1-3-5-13)12-20(27)22(23,28)21-18(26)10-16(25)11-19(21)29-23/h1-11,17,20,27-28H,12H2/t17-,20+,22+,23-/m0/s1. The largest absolute Gasteiger partial charge is 0.478 e. The molecule has 0 saturated heterocycles. The van der Waals surface area contributed by atoms with Crippen molar-refractivity contribution in [1.82, 2.24) is 0 Å². The van der Waals surface area contributed by atoms with Gasteiger partial charge in [0.15, 0.2) is 11.2 Å². The van der Waals surface area contributed by atoms with Crippen LogP contribution >= 0.6 is 15.9 Å². The monoisotopic (exact) mass is 458 g/mol. The Labute approximate surface area is 174 Å². The van der Waals surface area contributed by atoms with Gasteiger partial charge in [-0.1, -0.05) is 58.4 Å². The third-order valence-electron chi connectivity index (χ3n) is 6.14. The van der Waals surface area contributed by atoms with Gasteiger partial charge in [0, 0.05) is 22.5 Å². The first-order valence-electron chi connectivity index (χ1n) is 9.28. The molecule has 1 saturated carbocycles. The highest BCUT2D eigenvalue weighted by Gasteiger charge is 2.73. The average Bonchev–Trinajstić information content (AvgIpc) is 3.09.